The number of benzene rings is 1. The van der Waals surface area contributed by atoms with E-state index in [4.69, 9.17) is 0 Å². The SMILES string of the molecule is CC(N1Cc2ccccc2C1=O)C12CC3CC(CC(C3)C1)C2. The summed E-state index contributed by atoms with van der Waals surface area (Å²) in [5, 5.41) is 0. The molecule has 2 heteroatoms. The van der Waals surface area contributed by atoms with Crippen LogP contribution in [-0.4, -0.2) is 16.8 Å². The molecule has 0 spiro atoms. The maximum Gasteiger partial charge on any atom is 0.254 e. The number of hydrogen-bond donors (Lipinski definition) is 0. The van der Waals surface area contributed by atoms with Gasteiger partial charge in [0.1, 0.15) is 0 Å². The molecule has 4 bridgehead atoms. The summed E-state index contributed by atoms with van der Waals surface area (Å²) < 4.78 is 0. The predicted molar refractivity (Wildman–Crippen MR) is 86.4 cm³/mol. The van der Waals surface area contributed by atoms with Gasteiger partial charge in [-0.1, -0.05) is 18.2 Å². The van der Waals surface area contributed by atoms with E-state index in [2.05, 4.69) is 24.0 Å². The van der Waals surface area contributed by atoms with Crippen molar-refractivity contribution >= 4 is 5.91 Å². The first-order chi connectivity index (χ1) is 10.6. The number of carbonyl (C=O) groups excluding carboxylic acids is 1. The highest BCUT2D eigenvalue weighted by Crippen LogP contribution is 2.62. The molecule has 4 aliphatic carbocycles. The highest BCUT2D eigenvalue weighted by Gasteiger charge is 2.55. The Balaban J connectivity index is 1.46. The highest BCUT2D eigenvalue weighted by molar-refractivity contribution is 5.98. The molecule has 6 rings (SSSR count). The van der Waals surface area contributed by atoms with Crippen LogP contribution in [0.4, 0.5) is 0 Å². The predicted octanol–water partition coefficient (Wildman–Crippen LogP) is 4.25. The van der Waals surface area contributed by atoms with E-state index < -0.39 is 0 Å². The second-order valence-corrected chi connectivity index (χ2v) is 8.55. The summed E-state index contributed by atoms with van der Waals surface area (Å²) in [5.41, 5.74) is 2.59. The lowest BCUT2D eigenvalue weighted by atomic mass is 9.47. The van der Waals surface area contributed by atoms with Crippen molar-refractivity contribution in [3.8, 4) is 0 Å². The molecule has 1 aromatic rings. The van der Waals surface area contributed by atoms with Gasteiger partial charge in [-0.15, -0.1) is 0 Å². The molecule has 2 nitrogen and oxygen atoms in total. The number of hydrogen-bond acceptors (Lipinski definition) is 1. The zero-order valence-electron chi connectivity index (χ0n) is 13.4. The number of rotatable bonds is 2. The van der Waals surface area contributed by atoms with Crippen LogP contribution < -0.4 is 0 Å². The van der Waals surface area contributed by atoms with Gasteiger partial charge < -0.3 is 4.90 Å². The van der Waals surface area contributed by atoms with Crippen molar-refractivity contribution in [2.45, 2.75) is 58.0 Å². The number of carbonyl (C=O) groups is 1. The van der Waals surface area contributed by atoms with Crippen LogP contribution in [0.1, 0.15) is 61.4 Å². The zero-order valence-corrected chi connectivity index (χ0v) is 13.4. The molecule has 0 aromatic heterocycles. The van der Waals surface area contributed by atoms with E-state index >= 15 is 0 Å². The van der Waals surface area contributed by atoms with Crippen molar-refractivity contribution in [2.75, 3.05) is 0 Å². The van der Waals surface area contributed by atoms with Crippen molar-refractivity contribution in [1.82, 2.24) is 4.90 Å². The van der Waals surface area contributed by atoms with Gasteiger partial charge in [0.05, 0.1) is 0 Å². The lowest BCUT2D eigenvalue weighted by Gasteiger charge is -2.60. The van der Waals surface area contributed by atoms with Crippen LogP contribution in [0.5, 0.6) is 0 Å². The van der Waals surface area contributed by atoms with Gasteiger partial charge in [-0.05, 0) is 80.2 Å². The molecular formula is C20H25NO. The molecule has 4 fully saturated rings. The molecule has 1 amide bonds. The van der Waals surface area contributed by atoms with Gasteiger partial charge in [0.15, 0.2) is 0 Å². The maximum absolute atomic E-state index is 12.9. The molecule has 1 unspecified atom stereocenters. The maximum atomic E-state index is 12.9. The topological polar surface area (TPSA) is 20.3 Å². The molecular weight excluding hydrogens is 270 g/mol. The second-order valence-electron chi connectivity index (χ2n) is 8.55. The fourth-order valence-electron chi connectivity index (χ4n) is 6.61. The van der Waals surface area contributed by atoms with Crippen LogP contribution in [0.25, 0.3) is 0 Å². The first-order valence-electron chi connectivity index (χ1n) is 9.03. The Morgan fingerprint density at radius 2 is 1.64 bits per heavy atom. The fraction of sp³-hybridized carbons (Fsp3) is 0.650. The molecule has 1 atom stereocenters. The first kappa shape index (κ1) is 13.2. The average Bonchev–Trinajstić information content (AvgIpc) is 2.83. The van der Waals surface area contributed by atoms with Gasteiger partial charge >= 0.3 is 0 Å². The minimum absolute atomic E-state index is 0.277. The third kappa shape index (κ3) is 1.70. The van der Waals surface area contributed by atoms with Crippen LogP contribution in [0.15, 0.2) is 24.3 Å². The monoisotopic (exact) mass is 295 g/mol. The summed E-state index contributed by atoms with van der Waals surface area (Å²) in [6.07, 6.45) is 8.54. The largest absolute Gasteiger partial charge is 0.331 e. The van der Waals surface area contributed by atoms with Crippen LogP contribution in [0.2, 0.25) is 0 Å². The normalized spacial score (nSPS) is 40.1. The molecule has 1 aromatic carbocycles. The van der Waals surface area contributed by atoms with Crippen molar-refractivity contribution in [1.29, 1.82) is 0 Å². The quantitative estimate of drug-likeness (QED) is 0.799. The summed E-state index contributed by atoms with van der Waals surface area (Å²) in [5.74, 6) is 3.13. The van der Waals surface area contributed by atoms with Crippen LogP contribution in [0, 0.1) is 23.2 Å². The van der Waals surface area contributed by atoms with Gasteiger partial charge in [-0.3, -0.25) is 4.79 Å². The van der Waals surface area contributed by atoms with Gasteiger partial charge in [-0.25, -0.2) is 0 Å². The van der Waals surface area contributed by atoms with Gasteiger partial charge in [-0.2, -0.15) is 0 Å². The lowest BCUT2D eigenvalue weighted by molar-refractivity contribution is -0.0905. The van der Waals surface area contributed by atoms with Crippen LogP contribution in [-0.2, 0) is 6.54 Å². The fourth-order valence-corrected chi connectivity index (χ4v) is 6.61. The molecule has 0 N–H and O–H groups in total. The van der Waals surface area contributed by atoms with Crippen molar-refractivity contribution in [3.05, 3.63) is 35.4 Å². The van der Waals surface area contributed by atoms with Gasteiger partial charge in [0.2, 0.25) is 0 Å². The lowest BCUT2D eigenvalue weighted by Crippen LogP contribution is -2.55. The molecule has 0 radical (unpaired) electrons. The molecule has 0 saturated heterocycles. The Bertz CT molecular complexity index is 599. The summed E-state index contributed by atoms with van der Waals surface area (Å²) in [7, 11) is 0. The Kier molecular flexibility index (Phi) is 2.61. The summed E-state index contributed by atoms with van der Waals surface area (Å²) in [6, 6.07) is 8.59. The van der Waals surface area contributed by atoms with E-state index in [1.807, 2.05) is 12.1 Å². The van der Waals surface area contributed by atoms with Crippen LogP contribution >= 0.6 is 0 Å². The molecule has 4 saturated carbocycles. The van der Waals surface area contributed by atoms with E-state index in [1.165, 1.54) is 44.1 Å². The number of amides is 1. The number of nitrogens with zero attached hydrogens (tertiary/aromatic N) is 1. The average molecular weight is 295 g/mol. The second kappa shape index (κ2) is 4.37. The Morgan fingerprint density at radius 3 is 2.23 bits per heavy atom. The zero-order chi connectivity index (χ0) is 14.9. The van der Waals surface area contributed by atoms with Gasteiger partial charge in [0, 0.05) is 18.2 Å². The summed E-state index contributed by atoms with van der Waals surface area (Å²) >= 11 is 0. The van der Waals surface area contributed by atoms with Crippen molar-refractivity contribution < 1.29 is 4.79 Å². The van der Waals surface area contributed by atoms with Crippen molar-refractivity contribution in [3.63, 3.8) is 0 Å². The Hall–Kier alpha value is -1.31. The smallest absolute Gasteiger partial charge is 0.254 e. The molecule has 116 valence electrons. The standard InChI is InChI=1S/C20H25NO/c1-13(21-12-17-4-2-3-5-18(17)19(21)22)20-9-14-6-15(10-20)8-16(7-14)11-20/h2-5,13-16H,6-12H2,1H3. The van der Waals surface area contributed by atoms with Gasteiger partial charge in [0.25, 0.3) is 5.91 Å². The minimum atomic E-state index is 0.277. The molecule has 5 aliphatic rings. The summed E-state index contributed by atoms with van der Waals surface area (Å²) in [6.45, 7) is 3.18. The van der Waals surface area contributed by atoms with E-state index in [1.54, 1.807) is 0 Å². The van der Waals surface area contributed by atoms with Crippen LogP contribution in [0.3, 0.4) is 0 Å². The minimum Gasteiger partial charge on any atom is -0.331 e. The molecule has 22 heavy (non-hydrogen) atoms. The third-order valence-corrected chi connectivity index (χ3v) is 7.29. The molecule has 1 heterocycles. The van der Waals surface area contributed by atoms with Crippen molar-refractivity contribution in [2.24, 2.45) is 23.2 Å². The highest BCUT2D eigenvalue weighted by atomic mass is 16.2. The Labute approximate surface area is 132 Å². The summed E-state index contributed by atoms with van der Waals surface area (Å²) in [4.78, 5) is 15.0. The van der Waals surface area contributed by atoms with E-state index in [0.717, 1.165) is 29.9 Å². The first-order valence-corrected chi connectivity index (χ1v) is 9.03. The number of fused-ring (bicyclic) bond motifs is 1. The van der Waals surface area contributed by atoms with E-state index in [9.17, 15) is 4.79 Å². The van der Waals surface area contributed by atoms with E-state index in [0.29, 0.717) is 11.5 Å². The van der Waals surface area contributed by atoms with E-state index in [-0.39, 0.29) is 5.91 Å². The molecule has 1 aliphatic heterocycles. The Morgan fingerprint density at radius 1 is 1.05 bits per heavy atom. The third-order valence-electron chi connectivity index (χ3n) is 7.29.